The van der Waals surface area contributed by atoms with Crippen LogP contribution in [0, 0.1) is 0 Å². The second-order valence-corrected chi connectivity index (χ2v) is 7.11. The molecule has 3 rings (SSSR count). The van der Waals surface area contributed by atoms with Gasteiger partial charge in [0.25, 0.3) is 0 Å². The van der Waals surface area contributed by atoms with Crippen LogP contribution in [-0.2, 0) is 16.7 Å². The standard InChI is InChI=1S/C13H17FN2O2S/c14-7-10-3-1-2-4-13(10)19(17,18)16-8-11-5-6-12(9-16)15-11/h1-4,11-12,15H,5-9H2. The normalized spacial score (nSPS) is 27.6. The van der Waals surface area contributed by atoms with E-state index in [-0.39, 0.29) is 22.5 Å². The number of alkyl halides is 1. The van der Waals surface area contributed by atoms with Crippen LogP contribution in [0.5, 0.6) is 0 Å². The molecule has 2 heterocycles. The molecule has 0 spiro atoms. The quantitative estimate of drug-likeness (QED) is 0.909. The van der Waals surface area contributed by atoms with Gasteiger partial charge in [-0.15, -0.1) is 0 Å². The maximum absolute atomic E-state index is 13.0. The minimum atomic E-state index is -3.58. The topological polar surface area (TPSA) is 49.4 Å². The second-order valence-electron chi connectivity index (χ2n) is 5.20. The highest BCUT2D eigenvalue weighted by atomic mass is 32.2. The molecule has 1 aromatic carbocycles. The van der Waals surface area contributed by atoms with Gasteiger partial charge in [0.2, 0.25) is 10.0 Å². The molecule has 2 aliphatic rings. The molecule has 104 valence electrons. The number of fused-ring (bicyclic) bond motifs is 2. The van der Waals surface area contributed by atoms with E-state index in [9.17, 15) is 12.8 Å². The van der Waals surface area contributed by atoms with E-state index >= 15 is 0 Å². The number of hydrogen-bond acceptors (Lipinski definition) is 3. The molecule has 2 unspecified atom stereocenters. The van der Waals surface area contributed by atoms with E-state index in [1.54, 1.807) is 12.1 Å². The van der Waals surface area contributed by atoms with Crippen LogP contribution in [-0.4, -0.2) is 37.9 Å². The summed E-state index contributed by atoms with van der Waals surface area (Å²) in [4.78, 5) is 0.110. The lowest BCUT2D eigenvalue weighted by Crippen LogP contribution is -2.52. The minimum absolute atomic E-state index is 0.110. The van der Waals surface area contributed by atoms with Crippen molar-refractivity contribution in [3.8, 4) is 0 Å². The van der Waals surface area contributed by atoms with Crippen molar-refractivity contribution < 1.29 is 12.8 Å². The average molecular weight is 284 g/mol. The summed E-state index contributed by atoms with van der Waals surface area (Å²) >= 11 is 0. The molecular weight excluding hydrogens is 267 g/mol. The van der Waals surface area contributed by atoms with Gasteiger partial charge in [0.15, 0.2) is 0 Å². The third kappa shape index (κ3) is 2.28. The van der Waals surface area contributed by atoms with Gasteiger partial charge in [-0.05, 0) is 18.9 Å². The number of piperazine rings is 1. The summed E-state index contributed by atoms with van der Waals surface area (Å²) in [5.41, 5.74) is 0.244. The van der Waals surface area contributed by atoms with E-state index < -0.39 is 16.7 Å². The number of hydrogen-bond donors (Lipinski definition) is 1. The monoisotopic (exact) mass is 284 g/mol. The van der Waals surface area contributed by atoms with E-state index in [0.29, 0.717) is 13.1 Å². The van der Waals surface area contributed by atoms with Crippen molar-refractivity contribution in [1.29, 1.82) is 0 Å². The summed E-state index contributed by atoms with van der Waals surface area (Å²) in [6, 6.07) is 6.81. The van der Waals surface area contributed by atoms with Crippen molar-refractivity contribution >= 4 is 10.0 Å². The minimum Gasteiger partial charge on any atom is -0.309 e. The zero-order chi connectivity index (χ0) is 13.5. The first-order valence-electron chi connectivity index (χ1n) is 6.51. The van der Waals surface area contributed by atoms with Gasteiger partial charge in [-0.2, -0.15) is 4.31 Å². The first kappa shape index (κ1) is 13.0. The fourth-order valence-electron chi connectivity index (χ4n) is 2.96. The lowest BCUT2D eigenvalue weighted by Gasteiger charge is -2.32. The van der Waals surface area contributed by atoms with Crippen LogP contribution in [0.2, 0.25) is 0 Å². The number of nitrogens with one attached hydrogen (secondary N) is 1. The molecule has 0 saturated carbocycles. The smallest absolute Gasteiger partial charge is 0.243 e. The summed E-state index contributed by atoms with van der Waals surface area (Å²) in [5, 5.41) is 3.39. The van der Waals surface area contributed by atoms with E-state index in [2.05, 4.69) is 5.32 Å². The van der Waals surface area contributed by atoms with Crippen LogP contribution < -0.4 is 5.32 Å². The summed E-state index contributed by atoms with van der Waals surface area (Å²) in [6.45, 7) is 0.216. The molecule has 0 aliphatic carbocycles. The largest absolute Gasteiger partial charge is 0.309 e. The van der Waals surface area contributed by atoms with E-state index in [1.165, 1.54) is 16.4 Å². The Morgan fingerprint density at radius 1 is 1.21 bits per heavy atom. The predicted molar refractivity (Wildman–Crippen MR) is 70.0 cm³/mol. The Hall–Kier alpha value is -0.980. The van der Waals surface area contributed by atoms with Crippen LogP contribution in [0.4, 0.5) is 4.39 Å². The number of nitrogens with zero attached hydrogens (tertiary/aromatic N) is 1. The van der Waals surface area contributed by atoms with Gasteiger partial charge in [0, 0.05) is 30.7 Å². The molecular formula is C13H17FN2O2S. The molecule has 6 heteroatoms. The molecule has 0 amide bonds. The van der Waals surface area contributed by atoms with E-state index in [1.807, 2.05) is 0 Å². The molecule has 2 aliphatic heterocycles. The molecule has 1 aromatic rings. The molecule has 19 heavy (non-hydrogen) atoms. The zero-order valence-electron chi connectivity index (χ0n) is 10.5. The molecule has 2 saturated heterocycles. The molecule has 2 atom stereocenters. The molecule has 2 bridgehead atoms. The second kappa shape index (κ2) is 4.85. The number of halogens is 1. The predicted octanol–water partition coefficient (Wildman–Crippen LogP) is 1.28. The highest BCUT2D eigenvalue weighted by molar-refractivity contribution is 7.89. The van der Waals surface area contributed by atoms with E-state index in [4.69, 9.17) is 0 Å². The number of benzene rings is 1. The fourth-order valence-corrected chi connectivity index (χ4v) is 4.69. The lowest BCUT2D eigenvalue weighted by atomic mass is 10.2. The number of rotatable bonds is 3. The number of sulfonamides is 1. The van der Waals surface area contributed by atoms with Gasteiger partial charge < -0.3 is 5.32 Å². The Balaban J connectivity index is 1.94. The van der Waals surface area contributed by atoms with Crippen LogP contribution in [0.1, 0.15) is 18.4 Å². The average Bonchev–Trinajstić information content (AvgIpc) is 2.77. The van der Waals surface area contributed by atoms with E-state index in [0.717, 1.165) is 12.8 Å². The van der Waals surface area contributed by atoms with Gasteiger partial charge in [-0.3, -0.25) is 0 Å². The Bertz CT molecular complexity index is 564. The van der Waals surface area contributed by atoms with Crippen molar-refractivity contribution in [3.05, 3.63) is 29.8 Å². The van der Waals surface area contributed by atoms with Crippen molar-refractivity contribution in [1.82, 2.24) is 9.62 Å². The summed E-state index contributed by atoms with van der Waals surface area (Å²) in [7, 11) is -3.58. The molecule has 4 nitrogen and oxygen atoms in total. The zero-order valence-corrected chi connectivity index (χ0v) is 11.4. The summed E-state index contributed by atoms with van der Waals surface area (Å²) < 4.78 is 39.7. The Morgan fingerprint density at radius 2 is 1.84 bits per heavy atom. The lowest BCUT2D eigenvalue weighted by molar-refractivity contribution is 0.295. The third-order valence-electron chi connectivity index (χ3n) is 3.92. The van der Waals surface area contributed by atoms with Gasteiger partial charge >= 0.3 is 0 Å². The van der Waals surface area contributed by atoms with Gasteiger partial charge in [-0.25, -0.2) is 12.8 Å². The summed E-state index contributed by atoms with van der Waals surface area (Å²) in [6.07, 6.45) is 2.03. The fraction of sp³-hybridized carbons (Fsp3) is 0.538. The van der Waals surface area contributed by atoms with Crippen molar-refractivity contribution in [2.75, 3.05) is 13.1 Å². The maximum Gasteiger partial charge on any atom is 0.243 e. The highest BCUT2D eigenvalue weighted by Gasteiger charge is 2.38. The van der Waals surface area contributed by atoms with Gasteiger partial charge in [0.1, 0.15) is 6.67 Å². The van der Waals surface area contributed by atoms with Crippen molar-refractivity contribution in [2.24, 2.45) is 0 Å². The van der Waals surface area contributed by atoms with Crippen LogP contribution in [0.3, 0.4) is 0 Å². The SMILES string of the molecule is O=S(=O)(c1ccccc1CF)N1CC2CCC(C1)N2. The van der Waals surface area contributed by atoms with Crippen molar-refractivity contribution in [2.45, 2.75) is 36.5 Å². The van der Waals surface area contributed by atoms with Gasteiger partial charge in [0.05, 0.1) is 4.90 Å². The Kier molecular flexibility index (Phi) is 3.32. The molecule has 2 fully saturated rings. The Labute approximate surface area is 112 Å². The Morgan fingerprint density at radius 3 is 2.47 bits per heavy atom. The van der Waals surface area contributed by atoms with Crippen LogP contribution in [0.25, 0.3) is 0 Å². The molecule has 0 aromatic heterocycles. The van der Waals surface area contributed by atoms with Gasteiger partial charge in [-0.1, -0.05) is 18.2 Å². The van der Waals surface area contributed by atoms with Crippen molar-refractivity contribution in [3.63, 3.8) is 0 Å². The highest BCUT2D eigenvalue weighted by Crippen LogP contribution is 2.27. The molecule has 0 radical (unpaired) electrons. The third-order valence-corrected chi connectivity index (χ3v) is 5.85. The first-order valence-corrected chi connectivity index (χ1v) is 7.95. The maximum atomic E-state index is 13.0. The van der Waals surface area contributed by atoms with Crippen LogP contribution >= 0.6 is 0 Å². The first-order chi connectivity index (χ1) is 9.11. The summed E-state index contributed by atoms with van der Waals surface area (Å²) in [5.74, 6) is 0. The molecule has 1 N–H and O–H groups in total. The van der Waals surface area contributed by atoms with Crippen LogP contribution in [0.15, 0.2) is 29.2 Å².